The molecule has 1 saturated heterocycles. The SMILES string of the molecule is N=C(Nc1nonc1/C(=N/O)Nc1ccc(F)c(Br)c1)NC1CCNCC1. The average Bonchev–Trinajstić information content (AvgIpc) is 3.11. The molecule has 10 nitrogen and oxygen atoms in total. The normalized spacial score (nSPS) is 15.4. The van der Waals surface area contributed by atoms with Crippen molar-refractivity contribution in [2.75, 3.05) is 23.7 Å². The summed E-state index contributed by atoms with van der Waals surface area (Å²) in [4.78, 5) is 0. The fourth-order valence-electron chi connectivity index (χ4n) is 2.59. The van der Waals surface area contributed by atoms with Gasteiger partial charge in [0.2, 0.25) is 11.7 Å². The van der Waals surface area contributed by atoms with Crippen molar-refractivity contribution < 1.29 is 14.2 Å². The lowest BCUT2D eigenvalue weighted by molar-refractivity contribution is 0.305. The van der Waals surface area contributed by atoms with E-state index in [9.17, 15) is 9.60 Å². The molecule has 6 N–H and O–H groups in total. The van der Waals surface area contributed by atoms with E-state index in [1.165, 1.54) is 18.2 Å². The van der Waals surface area contributed by atoms with E-state index in [4.69, 9.17) is 10.0 Å². The molecule has 0 bridgehead atoms. The highest BCUT2D eigenvalue weighted by atomic mass is 79.9. The number of benzene rings is 1. The van der Waals surface area contributed by atoms with E-state index < -0.39 is 5.82 Å². The van der Waals surface area contributed by atoms with E-state index in [0.29, 0.717) is 5.69 Å². The first-order valence-electron chi connectivity index (χ1n) is 8.16. The van der Waals surface area contributed by atoms with Gasteiger partial charge in [0.15, 0.2) is 11.7 Å². The Kier molecular flexibility index (Phi) is 6.19. The summed E-state index contributed by atoms with van der Waals surface area (Å²) in [6.07, 6.45) is 1.80. The van der Waals surface area contributed by atoms with Crippen molar-refractivity contribution >= 4 is 39.2 Å². The standard InChI is InChI=1S/C15H18BrFN8O2/c16-10-7-9(1-2-11(10)17)20-13(23-26)12-14(25-27-24-12)22-15(18)21-8-3-5-19-6-4-8/h1-2,7-8,19,26H,3-6H2,(H,20,23)(H3,18,21,22,25). The first kappa shape index (κ1) is 19.0. The Balaban J connectivity index is 1.68. The van der Waals surface area contributed by atoms with Crippen molar-refractivity contribution in [2.45, 2.75) is 18.9 Å². The third-order valence-electron chi connectivity index (χ3n) is 3.93. The van der Waals surface area contributed by atoms with Crippen LogP contribution in [0.4, 0.5) is 15.9 Å². The monoisotopic (exact) mass is 440 g/mol. The van der Waals surface area contributed by atoms with Crippen LogP contribution in [0.25, 0.3) is 0 Å². The molecular weight excluding hydrogens is 423 g/mol. The summed E-state index contributed by atoms with van der Waals surface area (Å²) in [6, 6.07) is 4.37. The molecule has 1 aliphatic rings. The Labute approximate surface area is 162 Å². The second-order valence-electron chi connectivity index (χ2n) is 5.83. The van der Waals surface area contributed by atoms with Crippen LogP contribution in [-0.2, 0) is 0 Å². The van der Waals surface area contributed by atoms with E-state index >= 15 is 0 Å². The number of aromatic nitrogens is 2. The molecule has 1 fully saturated rings. The molecule has 0 unspecified atom stereocenters. The van der Waals surface area contributed by atoms with Crippen molar-refractivity contribution in [2.24, 2.45) is 5.16 Å². The van der Waals surface area contributed by atoms with Gasteiger partial charge in [0.25, 0.3) is 0 Å². The maximum atomic E-state index is 13.4. The van der Waals surface area contributed by atoms with Crippen LogP contribution in [0.5, 0.6) is 0 Å². The summed E-state index contributed by atoms with van der Waals surface area (Å²) in [5.74, 6) is -0.374. The number of nitrogens with zero attached hydrogens (tertiary/aromatic N) is 3. The predicted octanol–water partition coefficient (Wildman–Crippen LogP) is 1.91. The molecule has 144 valence electrons. The van der Waals surface area contributed by atoms with Crippen molar-refractivity contribution in [1.82, 2.24) is 20.9 Å². The lowest BCUT2D eigenvalue weighted by Gasteiger charge is -2.24. The smallest absolute Gasteiger partial charge is 0.209 e. The number of oxime groups is 1. The van der Waals surface area contributed by atoms with Crippen LogP contribution in [0.1, 0.15) is 18.5 Å². The Morgan fingerprint density at radius 3 is 2.81 bits per heavy atom. The zero-order chi connectivity index (χ0) is 19.2. The molecule has 0 amide bonds. The number of halogens is 2. The highest BCUT2D eigenvalue weighted by Crippen LogP contribution is 2.21. The maximum absolute atomic E-state index is 13.4. The van der Waals surface area contributed by atoms with Gasteiger partial charge in [0, 0.05) is 11.7 Å². The van der Waals surface area contributed by atoms with Crippen LogP contribution >= 0.6 is 15.9 Å². The fourth-order valence-corrected chi connectivity index (χ4v) is 2.97. The first-order valence-corrected chi connectivity index (χ1v) is 8.96. The Bertz CT molecular complexity index is 837. The number of hydrogen-bond donors (Lipinski definition) is 6. The summed E-state index contributed by atoms with van der Waals surface area (Å²) in [5, 5.41) is 39.8. The van der Waals surface area contributed by atoms with Crippen LogP contribution in [-0.4, -0.2) is 46.4 Å². The zero-order valence-corrected chi connectivity index (χ0v) is 15.7. The maximum Gasteiger partial charge on any atom is 0.209 e. The summed E-state index contributed by atoms with van der Waals surface area (Å²) in [5.41, 5.74) is 0.516. The van der Waals surface area contributed by atoms with Gasteiger partial charge in [-0.1, -0.05) is 5.16 Å². The molecule has 1 aliphatic heterocycles. The van der Waals surface area contributed by atoms with Gasteiger partial charge in [-0.05, 0) is 70.4 Å². The first-order chi connectivity index (χ1) is 13.1. The molecule has 3 rings (SSSR count). The predicted molar refractivity (Wildman–Crippen MR) is 101 cm³/mol. The highest BCUT2D eigenvalue weighted by Gasteiger charge is 2.20. The number of amidine groups is 1. The summed E-state index contributed by atoms with van der Waals surface area (Å²) in [6.45, 7) is 1.78. The van der Waals surface area contributed by atoms with Gasteiger partial charge in [-0.15, -0.1) is 0 Å². The molecule has 0 atom stereocenters. The van der Waals surface area contributed by atoms with Crippen LogP contribution in [0.15, 0.2) is 32.5 Å². The zero-order valence-electron chi connectivity index (χ0n) is 14.1. The number of guanidine groups is 1. The average molecular weight is 441 g/mol. The van der Waals surface area contributed by atoms with Crippen LogP contribution < -0.4 is 21.3 Å². The lowest BCUT2D eigenvalue weighted by Crippen LogP contribution is -2.44. The Morgan fingerprint density at radius 2 is 2.11 bits per heavy atom. The quantitative estimate of drug-likeness (QED) is 0.183. The van der Waals surface area contributed by atoms with Crippen LogP contribution in [0.3, 0.4) is 0 Å². The van der Waals surface area contributed by atoms with Crippen molar-refractivity contribution in [3.05, 3.63) is 34.2 Å². The second kappa shape index (κ2) is 8.77. The third-order valence-corrected chi connectivity index (χ3v) is 4.53. The molecule has 1 aromatic heterocycles. The summed E-state index contributed by atoms with van der Waals surface area (Å²) >= 11 is 3.08. The molecule has 0 radical (unpaired) electrons. The van der Waals surface area contributed by atoms with Gasteiger partial charge in [0.05, 0.1) is 4.47 Å². The van der Waals surface area contributed by atoms with Crippen LogP contribution in [0.2, 0.25) is 0 Å². The second-order valence-corrected chi connectivity index (χ2v) is 6.69. The topological polar surface area (TPSA) is 143 Å². The van der Waals surface area contributed by atoms with Gasteiger partial charge >= 0.3 is 0 Å². The van der Waals surface area contributed by atoms with Crippen molar-refractivity contribution in [3.8, 4) is 0 Å². The minimum atomic E-state index is -0.425. The van der Waals surface area contributed by atoms with Gasteiger partial charge in [-0.3, -0.25) is 5.41 Å². The molecule has 0 saturated carbocycles. The molecule has 12 heteroatoms. The van der Waals surface area contributed by atoms with E-state index in [1.807, 2.05) is 0 Å². The Hall–Kier alpha value is -2.73. The van der Waals surface area contributed by atoms with E-state index in [2.05, 4.69) is 52.7 Å². The third kappa shape index (κ3) is 4.92. The number of anilines is 2. The molecular formula is C15H18BrFN8O2. The minimum Gasteiger partial charge on any atom is -0.409 e. The molecule has 27 heavy (non-hydrogen) atoms. The lowest BCUT2D eigenvalue weighted by atomic mass is 10.1. The fraction of sp³-hybridized carbons (Fsp3) is 0.333. The molecule has 2 aromatic rings. The molecule has 0 aliphatic carbocycles. The van der Waals surface area contributed by atoms with E-state index in [1.54, 1.807) is 0 Å². The number of nitrogens with one attached hydrogen (secondary N) is 5. The van der Waals surface area contributed by atoms with Crippen molar-refractivity contribution in [1.29, 1.82) is 5.41 Å². The van der Waals surface area contributed by atoms with E-state index in [-0.39, 0.29) is 33.8 Å². The van der Waals surface area contributed by atoms with Crippen molar-refractivity contribution in [3.63, 3.8) is 0 Å². The van der Waals surface area contributed by atoms with Crippen LogP contribution in [0, 0.1) is 11.2 Å². The molecule has 1 aromatic carbocycles. The number of rotatable bonds is 4. The summed E-state index contributed by atoms with van der Waals surface area (Å²) < 4.78 is 18.3. The minimum absolute atomic E-state index is 0.0284. The Morgan fingerprint density at radius 1 is 1.33 bits per heavy atom. The van der Waals surface area contributed by atoms with Gasteiger partial charge < -0.3 is 26.5 Å². The highest BCUT2D eigenvalue weighted by molar-refractivity contribution is 9.10. The molecule has 0 spiro atoms. The summed E-state index contributed by atoms with van der Waals surface area (Å²) in [7, 11) is 0. The largest absolute Gasteiger partial charge is 0.409 e. The van der Waals surface area contributed by atoms with Gasteiger partial charge in [-0.2, -0.15) is 0 Å². The van der Waals surface area contributed by atoms with Gasteiger partial charge in [0.1, 0.15) is 5.82 Å². The van der Waals surface area contributed by atoms with Gasteiger partial charge in [-0.25, -0.2) is 9.02 Å². The molecule has 2 heterocycles. The van der Waals surface area contributed by atoms with E-state index in [0.717, 1.165) is 25.9 Å². The number of hydrogen-bond acceptors (Lipinski definition) is 7. The number of piperidine rings is 1.